The van der Waals surface area contributed by atoms with Gasteiger partial charge in [0.1, 0.15) is 5.76 Å². The molecule has 4 nitrogen and oxygen atoms in total. The van der Waals surface area contributed by atoms with Gasteiger partial charge in [-0.1, -0.05) is 0 Å². The minimum Gasteiger partial charge on any atom is -0.496 e. The minimum atomic E-state index is -0.395. The molecule has 0 spiro atoms. The van der Waals surface area contributed by atoms with Crippen molar-refractivity contribution in [1.82, 2.24) is 0 Å². The van der Waals surface area contributed by atoms with Crippen molar-refractivity contribution in [3.8, 4) is 0 Å². The molecule has 0 radical (unpaired) electrons. The lowest BCUT2D eigenvalue weighted by molar-refractivity contribution is -0.118. The van der Waals surface area contributed by atoms with E-state index >= 15 is 0 Å². The standard InChI is InChI=1S/C7H12N2O2/c8-5(4-7(9)10)6-2-1-3-11-6/h2,5H,1,3-4,8H2,(H2,9,10). The van der Waals surface area contributed by atoms with Crippen molar-refractivity contribution in [3.63, 3.8) is 0 Å². The second-order valence-corrected chi connectivity index (χ2v) is 2.52. The van der Waals surface area contributed by atoms with Crippen LogP contribution in [0.25, 0.3) is 0 Å². The maximum Gasteiger partial charge on any atom is 0.219 e. The molecule has 1 unspecified atom stereocenters. The molecular weight excluding hydrogens is 144 g/mol. The molecule has 1 atom stereocenters. The van der Waals surface area contributed by atoms with Crippen molar-refractivity contribution < 1.29 is 9.53 Å². The quantitative estimate of drug-likeness (QED) is 0.577. The molecule has 1 heterocycles. The summed E-state index contributed by atoms with van der Waals surface area (Å²) in [5.74, 6) is 0.303. The van der Waals surface area contributed by atoms with Crippen molar-refractivity contribution in [1.29, 1.82) is 0 Å². The SMILES string of the molecule is NC(=O)CC(N)C1=CCCO1. The highest BCUT2D eigenvalue weighted by Crippen LogP contribution is 2.13. The highest BCUT2D eigenvalue weighted by Gasteiger charge is 2.16. The van der Waals surface area contributed by atoms with Crippen molar-refractivity contribution in [2.45, 2.75) is 18.9 Å². The van der Waals surface area contributed by atoms with Gasteiger partial charge in [-0.05, 0) is 6.08 Å². The van der Waals surface area contributed by atoms with Crippen LogP contribution in [0, 0.1) is 0 Å². The van der Waals surface area contributed by atoms with Crippen LogP contribution in [0.4, 0.5) is 0 Å². The van der Waals surface area contributed by atoms with Gasteiger partial charge in [0, 0.05) is 12.8 Å². The average molecular weight is 156 g/mol. The van der Waals surface area contributed by atoms with E-state index in [4.69, 9.17) is 16.2 Å². The molecule has 4 heteroatoms. The lowest BCUT2D eigenvalue weighted by Gasteiger charge is -2.10. The molecule has 1 aliphatic heterocycles. The number of rotatable bonds is 3. The third kappa shape index (κ3) is 2.23. The van der Waals surface area contributed by atoms with E-state index in [9.17, 15) is 4.79 Å². The van der Waals surface area contributed by atoms with Crippen molar-refractivity contribution in [3.05, 3.63) is 11.8 Å². The van der Waals surface area contributed by atoms with Gasteiger partial charge in [-0.25, -0.2) is 0 Å². The van der Waals surface area contributed by atoms with E-state index < -0.39 is 5.91 Å². The summed E-state index contributed by atoms with van der Waals surface area (Å²) < 4.78 is 5.14. The lowest BCUT2D eigenvalue weighted by Crippen LogP contribution is -2.29. The van der Waals surface area contributed by atoms with Crippen LogP contribution in [0.2, 0.25) is 0 Å². The third-order valence-electron chi connectivity index (χ3n) is 1.52. The Labute approximate surface area is 65.2 Å². The maximum absolute atomic E-state index is 10.4. The van der Waals surface area contributed by atoms with Gasteiger partial charge in [-0.15, -0.1) is 0 Å². The van der Waals surface area contributed by atoms with E-state index in [0.29, 0.717) is 12.4 Å². The number of primary amides is 1. The van der Waals surface area contributed by atoms with Gasteiger partial charge in [-0.3, -0.25) is 4.79 Å². The monoisotopic (exact) mass is 156 g/mol. The van der Waals surface area contributed by atoms with Crippen molar-refractivity contribution in [2.24, 2.45) is 11.5 Å². The second-order valence-electron chi connectivity index (χ2n) is 2.52. The molecule has 0 bridgehead atoms. The zero-order valence-corrected chi connectivity index (χ0v) is 6.25. The number of amides is 1. The van der Waals surface area contributed by atoms with Crippen molar-refractivity contribution in [2.75, 3.05) is 6.61 Å². The van der Waals surface area contributed by atoms with E-state index in [1.807, 2.05) is 6.08 Å². The van der Waals surface area contributed by atoms with E-state index in [1.54, 1.807) is 0 Å². The van der Waals surface area contributed by atoms with Crippen LogP contribution in [0.15, 0.2) is 11.8 Å². The van der Waals surface area contributed by atoms with Crippen LogP contribution >= 0.6 is 0 Å². The number of carbonyl (C=O) groups excluding carboxylic acids is 1. The van der Waals surface area contributed by atoms with Crippen LogP contribution in [-0.2, 0) is 9.53 Å². The molecule has 0 aliphatic carbocycles. The lowest BCUT2D eigenvalue weighted by atomic mass is 10.2. The summed E-state index contributed by atoms with van der Waals surface area (Å²) in [6.45, 7) is 0.668. The van der Waals surface area contributed by atoms with E-state index in [0.717, 1.165) is 6.42 Å². The molecule has 4 N–H and O–H groups in total. The molecule has 11 heavy (non-hydrogen) atoms. The van der Waals surface area contributed by atoms with Crippen LogP contribution in [0.1, 0.15) is 12.8 Å². The highest BCUT2D eigenvalue weighted by molar-refractivity contribution is 5.74. The highest BCUT2D eigenvalue weighted by atomic mass is 16.5. The zero-order valence-electron chi connectivity index (χ0n) is 6.25. The van der Waals surface area contributed by atoms with E-state index in [-0.39, 0.29) is 12.5 Å². The predicted molar refractivity (Wildman–Crippen MR) is 40.4 cm³/mol. The smallest absolute Gasteiger partial charge is 0.219 e. The fraction of sp³-hybridized carbons (Fsp3) is 0.571. The Hall–Kier alpha value is -1.03. The molecule has 1 aliphatic rings. The Morgan fingerprint density at radius 3 is 3.00 bits per heavy atom. The summed E-state index contributed by atoms with van der Waals surface area (Å²) in [6, 6.07) is -0.352. The first-order valence-electron chi connectivity index (χ1n) is 3.57. The normalized spacial score (nSPS) is 18.8. The number of ether oxygens (including phenoxy) is 1. The first-order chi connectivity index (χ1) is 5.20. The first-order valence-corrected chi connectivity index (χ1v) is 3.57. The number of hydrogen-bond donors (Lipinski definition) is 2. The summed E-state index contributed by atoms with van der Waals surface area (Å²) in [5.41, 5.74) is 10.5. The van der Waals surface area contributed by atoms with Gasteiger partial charge in [0.05, 0.1) is 12.6 Å². The van der Waals surface area contributed by atoms with Gasteiger partial charge in [-0.2, -0.15) is 0 Å². The number of carbonyl (C=O) groups is 1. The molecule has 1 amide bonds. The fourth-order valence-electron chi connectivity index (χ4n) is 1.01. The summed E-state index contributed by atoms with van der Waals surface area (Å²) >= 11 is 0. The Bertz CT molecular complexity index is 189. The van der Waals surface area contributed by atoms with Gasteiger partial charge in [0.25, 0.3) is 0 Å². The largest absolute Gasteiger partial charge is 0.496 e. The molecule has 0 aromatic heterocycles. The summed E-state index contributed by atoms with van der Waals surface area (Å²) in [4.78, 5) is 10.4. The summed E-state index contributed by atoms with van der Waals surface area (Å²) in [7, 11) is 0. The Morgan fingerprint density at radius 2 is 2.55 bits per heavy atom. The molecule has 0 saturated heterocycles. The molecule has 0 saturated carbocycles. The molecule has 1 rings (SSSR count). The van der Waals surface area contributed by atoms with Gasteiger partial charge in [0.2, 0.25) is 5.91 Å². The van der Waals surface area contributed by atoms with Gasteiger partial charge < -0.3 is 16.2 Å². The topological polar surface area (TPSA) is 78.3 Å². The Kier molecular flexibility index (Phi) is 2.48. The Morgan fingerprint density at radius 1 is 1.82 bits per heavy atom. The Balaban J connectivity index is 2.40. The number of nitrogens with two attached hydrogens (primary N) is 2. The maximum atomic E-state index is 10.4. The molecule has 0 fully saturated rings. The molecule has 0 aromatic carbocycles. The van der Waals surface area contributed by atoms with Crippen LogP contribution in [-0.4, -0.2) is 18.6 Å². The second kappa shape index (κ2) is 3.39. The van der Waals surface area contributed by atoms with Crippen LogP contribution < -0.4 is 11.5 Å². The van der Waals surface area contributed by atoms with E-state index in [1.165, 1.54) is 0 Å². The molecule has 0 aromatic rings. The summed E-state index contributed by atoms with van der Waals surface area (Å²) in [6.07, 6.45) is 2.93. The van der Waals surface area contributed by atoms with E-state index in [2.05, 4.69) is 0 Å². The average Bonchev–Trinajstić information content (AvgIpc) is 2.35. The fourth-order valence-corrected chi connectivity index (χ4v) is 1.01. The van der Waals surface area contributed by atoms with Gasteiger partial charge >= 0.3 is 0 Å². The minimum absolute atomic E-state index is 0.159. The predicted octanol–water partition coefficient (Wildman–Crippen LogP) is -0.507. The van der Waals surface area contributed by atoms with Gasteiger partial charge in [0.15, 0.2) is 0 Å². The number of hydrogen-bond acceptors (Lipinski definition) is 3. The van der Waals surface area contributed by atoms with Crippen LogP contribution in [0.3, 0.4) is 0 Å². The zero-order chi connectivity index (χ0) is 8.27. The summed E-state index contributed by atoms with van der Waals surface area (Å²) in [5, 5.41) is 0. The van der Waals surface area contributed by atoms with Crippen LogP contribution in [0.5, 0.6) is 0 Å². The van der Waals surface area contributed by atoms with Crippen molar-refractivity contribution >= 4 is 5.91 Å². The third-order valence-corrected chi connectivity index (χ3v) is 1.52. The first kappa shape index (κ1) is 8.07. The molecular formula is C7H12N2O2. The molecule has 62 valence electrons.